The van der Waals surface area contributed by atoms with Gasteiger partial charge in [0.15, 0.2) is 0 Å². The Hall–Kier alpha value is -2.57. The lowest BCUT2D eigenvalue weighted by Crippen LogP contribution is -2.48. The van der Waals surface area contributed by atoms with Gasteiger partial charge >= 0.3 is 6.09 Å². The number of benzene rings is 2. The van der Waals surface area contributed by atoms with Gasteiger partial charge in [-0.15, -0.1) is 0 Å². The molecule has 0 radical (unpaired) electrons. The van der Waals surface area contributed by atoms with Crippen molar-refractivity contribution in [3.05, 3.63) is 65.2 Å². The normalized spacial score (nSPS) is 15.5. The van der Waals surface area contributed by atoms with Crippen LogP contribution in [0.2, 0.25) is 5.02 Å². The lowest BCUT2D eigenvalue weighted by Gasteiger charge is -2.35. The van der Waals surface area contributed by atoms with E-state index in [-0.39, 0.29) is 12.5 Å². The van der Waals surface area contributed by atoms with Crippen molar-refractivity contribution in [1.82, 2.24) is 5.32 Å². The monoisotopic (exact) mass is 402 g/mol. The quantitative estimate of drug-likeness (QED) is 0.765. The zero-order chi connectivity index (χ0) is 19.8. The Morgan fingerprint density at radius 2 is 1.71 bits per heavy atom. The summed E-state index contributed by atoms with van der Waals surface area (Å²) in [6, 6.07) is 16.4. The van der Waals surface area contributed by atoms with Crippen LogP contribution in [0.15, 0.2) is 54.6 Å². The molecule has 1 saturated heterocycles. The molecule has 2 aromatic rings. The molecule has 6 nitrogen and oxygen atoms in total. The van der Waals surface area contributed by atoms with Crippen molar-refractivity contribution in [3.63, 3.8) is 0 Å². The number of carbonyl (C=O) groups excluding carboxylic acids is 2. The number of ether oxygens (including phenoxy) is 2. The summed E-state index contributed by atoms with van der Waals surface area (Å²) in [4.78, 5) is 25.1. The van der Waals surface area contributed by atoms with E-state index in [0.717, 1.165) is 5.56 Å². The van der Waals surface area contributed by atoms with Gasteiger partial charge in [0, 0.05) is 30.5 Å². The van der Waals surface area contributed by atoms with Crippen LogP contribution in [0.4, 0.5) is 10.5 Å². The van der Waals surface area contributed by atoms with E-state index in [1.165, 1.54) is 0 Å². The van der Waals surface area contributed by atoms with Gasteiger partial charge in [0.05, 0.1) is 5.41 Å². The van der Waals surface area contributed by atoms with Crippen molar-refractivity contribution in [2.75, 3.05) is 25.1 Å². The molecule has 1 fully saturated rings. The Kier molecular flexibility index (Phi) is 6.90. The topological polar surface area (TPSA) is 76.7 Å². The molecule has 0 spiro atoms. The maximum Gasteiger partial charge on any atom is 0.411 e. The van der Waals surface area contributed by atoms with Gasteiger partial charge in [0.1, 0.15) is 6.61 Å². The molecular formula is C21H23ClN2O4. The summed E-state index contributed by atoms with van der Waals surface area (Å²) in [5, 5.41) is 6.19. The minimum Gasteiger partial charge on any atom is -0.448 e. The highest BCUT2D eigenvalue weighted by Gasteiger charge is 2.41. The molecule has 1 aliphatic heterocycles. The number of rotatable bonds is 6. The lowest BCUT2D eigenvalue weighted by atomic mass is 9.80. The van der Waals surface area contributed by atoms with E-state index in [2.05, 4.69) is 10.6 Å². The van der Waals surface area contributed by atoms with E-state index in [1.54, 1.807) is 18.2 Å². The van der Waals surface area contributed by atoms with Gasteiger partial charge < -0.3 is 14.8 Å². The second-order valence-electron chi connectivity index (χ2n) is 6.73. The molecule has 0 aromatic heterocycles. The molecule has 3 rings (SSSR count). The Balaban J connectivity index is 1.60. The average Bonchev–Trinajstić information content (AvgIpc) is 2.73. The molecule has 1 aliphatic rings. The molecule has 0 unspecified atom stereocenters. The van der Waals surface area contributed by atoms with Gasteiger partial charge in [-0.3, -0.25) is 10.1 Å². The molecule has 0 aliphatic carbocycles. The van der Waals surface area contributed by atoms with Crippen LogP contribution in [0.1, 0.15) is 18.4 Å². The summed E-state index contributed by atoms with van der Waals surface area (Å²) < 4.78 is 10.8. The predicted molar refractivity (Wildman–Crippen MR) is 107 cm³/mol. The van der Waals surface area contributed by atoms with Crippen LogP contribution in [0.25, 0.3) is 0 Å². The third-order valence-corrected chi connectivity index (χ3v) is 5.20. The fourth-order valence-electron chi connectivity index (χ4n) is 3.08. The van der Waals surface area contributed by atoms with E-state index >= 15 is 0 Å². The smallest absolute Gasteiger partial charge is 0.411 e. The summed E-state index contributed by atoms with van der Waals surface area (Å²) in [7, 11) is 0. The molecule has 2 N–H and O–H groups in total. The molecular weight excluding hydrogens is 380 g/mol. The lowest BCUT2D eigenvalue weighted by molar-refractivity contribution is -0.140. The highest BCUT2D eigenvalue weighted by Crippen LogP contribution is 2.32. The largest absolute Gasteiger partial charge is 0.448 e. The summed E-state index contributed by atoms with van der Waals surface area (Å²) in [6.07, 6.45) is 0.385. The Morgan fingerprint density at radius 3 is 2.43 bits per heavy atom. The number of hydrogen-bond donors (Lipinski definition) is 2. The van der Waals surface area contributed by atoms with Crippen molar-refractivity contribution < 1.29 is 19.1 Å². The minimum absolute atomic E-state index is 0.0105. The molecule has 0 saturated carbocycles. The van der Waals surface area contributed by atoms with Crippen LogP contribution < -0.4 is 10.6 Å². The van der Waals surface area contributed by atoms with E-state index in [9.17, 15) is 9.59 Å². The Morgan fingerprint density at radius 1 is 1.04 bits per heavy atom. The maximum absolute atomic E-state index is 13.0. The standard InChI is InChI=1S/C21H23ClN2O4/c22-18-9-5-4-6-16(18)14-23-19(25)21(10-12-27-13-11-21)15-28-20(26)24-17-7-2-1-3-8-17/h1-9H,10-15H2,(H,23,25)(H,24,26). The molecule has 7 heteroatoms. The molecule has 1 heterocycles. The van der Waals surface area contributed by atoms with Crippen LogP contribution in [0.3, 0.4) is 0 Å². The van der Waals surface area contributed by atoms with Crippen LogP contribution in [0.5, 0.6) is 0 Å². The van der Waals surface area contributed by atoms with Gasteiger partial charge in [-0.1, -0.05) is 48.0 Å². The van der Waals surface area contributed by atoms with Crippen molar-refractivity contribution in [2.45, 2.75) is 19.4 Å². The summed E-state index contributed by atoms with van der Waals surface area (Å²) >= 11 is 6.16. The summed E-state index contributed by atoms with van der Waals surface area (Å²) in [6.45, 7) is 1.20. The number of halogens is 1. The summed E-state index contributed by atoms with van der Waals surface area (Å²) in [5.74, 6) is -0.164. The predicted octanol–water partition coefficient (Wildman–Crippen LogP) is 4.00. The van der Waals surface area contributed by atoms with Gasteiger partial charge in [0.25, 0.3) is 0 Å². The number of hydrogen-bond acceptors (Lipinski definition) is 4. The van der Waals surface area contributed by atoms with E-state index < -0.39 is 11.5 Å². The minimum atomic E-state index is -0.812. The van der Waals surface area contributed by atoms with Crippen LogP contribution in [-0.4, -0.2) is 31.8 Å². The third-order valence-electron chi connectivity index (χ3n) is 4.83. The van der Waals surface area contributed by atoms with Gasteiger partial charge in [-0.05, 0) is 36.6 Å². The molecule has 2 amide bonds. The van der Waals surface area contributed by atoms with Crippen LogP contribution >= 0.6 is 11.6 Å². The molecule has 0 bridgehead atoms. The second kappa shape index (κ2) is 9.57. The van der Waals surface area contributed by atoms with Crippen molar-refractivity contribution in [3.8, 4) is 0 Å². The Bertz CT molecular complexity index is 807. The second-order valence-corrected chi connectivity index (χ2v) is 7.14. The molecule has 28 heavy (non-hydrogen) atoms. The Labute approximate surface area is 169 Å². The van der Waals surface area contributed by atoms with Crippen molar-refractivity contribution in [2.24, 2.45) is 5.41 Å². The molecule has 148 valence electrons. The maximum atomic E-state index is 13.0. The zero-order valence-corrected chi connectivity index (χ0v) is 16.2. The SMILES string of the molecule is O=C(Nc1ccccc1)OCC1(C(=O)NCc2ccccc2Cl)CCOCC1. The molecule has 0 atom stereocenters. The fraction of sp³-hybridized carbons (Fsp3) is 0.333. The first-order chi connectivity index (χ1) is 13.6. The van der Waals surface area contributed by atoms with Crippen LogP contribution in [0, 0.1) is 5.41 Å². The number of amides is 2. The van der Waals surface area contributed by atoms with Gasteiger partial charge in [-0.25, -0.2) is 4.79 Å². The number of para-hydroxylation sites is 1. The van der Waals surface area contributed by atoms with E-state index in [0.29, 0.717) is 43.3 Å². The third kappa shape index (κ3) is 5.24. The van der Waals surface area contributed by atoms with Crippen molar-refractivity contribution in [1.29, 1.82) is 0 Å². The average molecular weight is 403 g/mol. The van der Waals surface area contributed by atoms with Gasteiger partial charge in [-0.2, -0.15) is 0 Å². The first kappa shape index (κ1) is 20.2. The first-order valence-electron chi connectivity index (χ1n) is 9.17. The van der Waals surface area contributed by atoms with E-state index in [4.69, 9.17) is 21.1 Å². The van der Waals surface area contributed by atoms with Gasteiger partial charge in [0.2, 0.25) is 5.91 Å². The van der Waals surface area contributed by atoms with Crippen LogP contribution in [-0.2, 0) is 20.8 Å². The summed E-state index contributed by atoms with van der Waals surface area (Å²) in [5.41, 5.74) is 0.659. The fourth-order valence-corrected chi connectivity index (χ4v) is 3.29. The van der Waals surface area contributed by atoms with Crippen molar-refractivity contribution >= 4 is 29.3 Å². The highest BCUT2D eigenvalue weighted by molar-refractivity contribution is 6.31. The number of anilines is 1. The van der Waals surface area contributed by atoms with E-state index in [1.807, 2.05) is 36.4 Å². The number of nitrogens with one attached hydrogen (secondary N) is 2. The molecule has 2 aromatic carbocycles. The highest BCUT2D eigenvalue weighted by atomic mass is 35.5. The number of carbonyl (C=O) groups is 2. The zero-order valence-electron chi connectivity index (χ0n) is 15.4. The first-order valence-corrected chi connectivity index (χ1v) is 9.55.